The number of carbonyl (C=O) groups is 1. The molecule has 0 bridgehead atoms. The van der Waals surface area contributed by atoms with Gasteiger partial charge in [0.2, 0.25) is 5.91 Å². The topological polar surface area (TPSA) is 59.6 Å². The van der Waals surface area contributed by atoms with Crippen LogP contribution in [0.5, 0.6) is 11.5 Å². The van der Waals surface area contributed by atoms with Crippen molar-refractivity contribution < 1.29 is 27.4 Å². The molecule has 9 heteroatoms. The Bertz CT molecular complexity index is 725. The van der Waals surface area contributed by atoms with Crippen molar-refractivity contribution in [3.8, 4) is 11.5 Å². The first-order valence-corrected chi connectivity index (χ1v) is 7.83. The Balaban J connectivity index is 0.00000364. The molecular formula is C18H20ClF3N2O3. The number of alkyl halides is 3. The summed E-state index contributed by atoms with van der Waals surface area (Å²) in [7, 11) is 1.57. The van der Waals surface area contributed by atoms with Crippen molar-refractivity contribution >= 4 is 24.0 Å². The van der Waals surface area contributed by atoms with Gasteiger partial charge >= 0.3 is 6.18 Å². The molecule has 2 aromatic rings. The molecule has 0 fully saturated rings. The highest BCUT2D eigenvalue weighted by atomic mass is 35.5. The van der Waals surface area contributed by atoms with Crippen LogP contribution in [0, 0.1) is 0 Å². The number of carbonyl (C=O) groups excluding carboxylic acids is 1. The fourth-order valence-corrected chi connectivity index (χ4v) is 2.06. The van der Waals surface area contributed by atoms with E-state index < -0.39 is 11.7 Å². The smallest absolute Gasteiger partial charge is 0.416 e. The van der Waals surface area contributed by atoms with Crippen LogP contribution >= 0.6 is 12.4 Å². The van der Waals surface area contributed by atoms with Gasteiger partial charge in [-0.05, 0) is 42.5 Å². The number of nitrogens with one attached hydrogen (secondary N) is 2. The van der Waals surface area contributed by atoms with Crippen LogP contribution in [0.2, 0.25) is 0 Å². The van der Waals surface area contributed by atoms with Crippen LogP contribution in [-0.4, -0.2) is 32.7 Å². The molecule has 0 unspecified atom stereocenters. The van der Waals surface area contributed by atoms with Gasteiger partial charge in [0.15, 0.2) is 0 Å². The van der Waals surface area contributed by atoms with Gasteiger partial charge in [-0.15, -0.1) is 12.4 Å². The molecule has 148 valence electrons. The average molecular weight is 405 g/mol. The number of rotatable bonds is 8. The number of halogens is 4. The van der Waals surface area contributed by atoms with Crippen molar-refractivity contribution in [1.29, 1.82) is 0 Å². The predicted molar refractivity (Wildman–Crippen MR) is 98.6 cm³/mol. The van der Waals surface area contributed by atoms with Crippen LogP contribution < -0.4 is 15.4 Å². The fourth-order valence-electron chi connectivity index (χ4n) is 2.06. The standard InChI is InChI=1S/C18H19F3N2O3.ClH/c1-25-10-9-22-12-17(24)23-14-5-7-15(8-6-14)26-16-4-2-3-13(11-16)18(19,20)21;/h2-8,11,22H,9-10,12H2,1H3,(H,23,24);1H. The quantitative estimate of drug-likeness (QED) is 0.650. The van der Waals surface area contributed by atoms with E-state index in [2.05, 4.69) is 10.6 Å². The number of amides is 1. The molecule has 0 radical (unpaired) electrons. The van der Waals surface area contributed by atoms with Crippen LogP contribution in [-0.2, 0) is 15.7 Å². The van der Waals surface area contributed by atoms with Crippen molar-refractivity contribution in [2.45, 2.75) is 6.18 Å². The van der Waals surface area contributed by atoms with E-state index in [-0.39, 0.29) is 30.6 Å². The first-order chi connectivity index (χ1) is 12.4. The average Bonchev–Trinajstić information content (AvgIpc) is 2.60. The summed E-state index contributed by atoms with van der Waals surface area (Å²) in [6.07, 6.45) is -4.43. The van der Waals surface area contributed by atoms with E-state index in [0.29, 0.717) is 24.6 Å². The lowest BCUT2D eigenvalue weighted by Gasteiger charge is -2.11. The normalized spacial score (nSPS) is 10.8. The molecule has 1 amide bonds. The molecule has 2 rings (SSSR count). The second kappa shape index (κ2) is 10.8. The molecule has 0 heterocycles. The lowest BCUT2D eigenvalue weighted by molar-refractivity contribution is -0.137. The Labute approximate surface area is 161 Å². The lowest BCUT2D eigenvalue weighted by atomic mass is 10.2. The summed E-state index contributed by atoms with van der Waals surface area (Å²) in [6.45, 7) is 1.22. The largest absolute Gasteiger partial charge is 0.457 e. The van der Waals surface area contributed by atoms with E-state index in [9.17, 15) is 18.0 Å². The molecule has 0 aliphatic carbocycles. The first kappa shape index (κ1) is 22.8. The van der Waals surface area contributed by atoms with Crippen molar-refractivity contribution in [2.75, 3.05) is 32.1 Å². The maximum Gasteiger partial charge on any atom is 0.416 e. The minimum Gasteiger partial charge on any atom is -0.457 e. The van der Waals surface area contributed by atoms with Crippen LogP contribution in [0.25, 0.3) is 0 Å². The number of ether oxygens (including phenoxy) is 2. The second-order valence-corrected chi connectivity index (χ2v) is 5.37. The molecule has 27 heavy (non-hydrogen) atoms. The van der Waals surface area contributed by atoms with Gasteiger partial charge in [0, 0.05) is 19.3 Å². The van der Waals surface area contributed by atoms with Gasteiger partial charge in [-0.25, -0.2) is 0 Å². The van der Waals surface area contributed by atoms with E-state index in [4.69, 9.17) is 9.47 Å². The zero-order valence-electron chi connectivity index (χ0n) is 14.5. The number of benzene rings is 2. The van der Waals surface area contributed by atoms with Crippen molar-refractivity contribution in [1.82, 2.24) is 5.32 Å². The highest BCUT2D eigenvalue weighted by molar-refractivity contribution is 5.92. The zero-order valence-corrected chi connectivity index (χ0v) is 15.3. The van der Waals surface area contributed by atoms with Crippen LogP contribution in [0.4, 0.5) is 18.9 Å². The molecule has 0 atom stereocenters. The summed E-state index contributed by atoms with van der Waals surface area (Å²) in [5.41, 5.74) is -0.222. The summed E-state index contributed by atoms with van der Waals surface area (Å²) in [5.74, 6) is 0.229. The van der Waals surface area contributed by atoms with Crippen molar-refractivity contribution in [3.05, 3.63) is 54.1 Å². The van der Waals surface area contributed by atoms with E-state index >= 15 is 0 Å². The molecule has 0 aromatic heterocycles. The molecule has 0 saturated carbocycles. The van der Waals surface area contributed by atoms with Gasteiger partial charge in [-0.1, -0.05) is 6.07 Å². The van der Waals surface area contributed by atoms with Crippen molar-refractivity contribution in [3.63, 3.8) is 0 Å². The van der Waals surface area contributed by atoms with E-state index in [0.717, 1.165) is 12.1 Å². The Morgan fingerprint density at radius 2 is 1.78 bits per heavy atom. The van der Waals surface area contributed by atoms with Gasteiger partial charge in [-0.2, -0.15) is 13.2 Å². The minimum absolute atomic E-state index is 0. The third-order valence-electron chi connectivity index (χ3n) is 3.30. The number of methoxy groups -OCH3 is 1. The molecule has 2 aromatic carbocycles. The molecular weight excluding hydrogens is 385 g/mol. The van der Waals surface area contributed by atoms with E-state index in [1.165, 1.54) is 12.1 Å². The number of hydrogen-bond acceptors (Lipinski definition) is 4. The second-order valence-electron chi connectivity index (χ2n) is 5.37. The number of hydrogen-bond donors (Lipinski definition) is 2. The Morgan fingerprint density at radius 3 is 2.41 bits per heavy atom. The maximum atomic E-state index is 12.7. The fraction of sp³-hybridized carbons (Fsp3) is 0.278. The predicted octanol–water partition coefficient (Wildman–Crippen LogP) is 4.09. The molecule has 2 N–H and O–H groups in total. The van der Waals surface area contributed by atoms with Gasteiger partial charge in [0.25, 0.3) is 0 Å². The summed E-state index contributed by atoms with van der Waals surface area (Å²) in [6, 6.07) is 11.0. The Morgan fingerprint density at radius 1 is 1.07 bits per heavy atom. The zero-order chi connectivity index (χ0) is 19.0. The van der Waals surface area contributed by atoms with Gasteiger partial charge < -0.3 is 20.1 Å². The lowest BCUT2D eigenvalue weighted by Crippen LogP contribution is -2.30. The van der Waals surface area contributed by atoms with E-state index in [1.807, 2.05) is 0 Å². The Hall–Kier alpha value is -2.29. The SMILES string of the molecule is COCCNCC(=O)Nc1ccc(Oc2cccc(C(F)(F)F)c2)cc1.Cl. The molecule has 0 aliphatic heterocycles. The van der Waals surface area contributed by atoms with Crippen molar-refractivity contribution in [2.24, 2.45) is 0 Å². The van der Waals surface area contributed by atoms with Crippen LogP contribution in [0.3, 0.4) is 0 Å². The van der Waals surface area contributed by atoms with Crippen LogP contribution in [0.1, 0.15) is 5.56 Å². The molecule has 0 saturated heterocycles. The minimum atomic E-state index is -4.43. The highest BCUT2D eigenvalue weighted by Gasteiger charge is 2.30. The monoisotopic (exact) mass is 404 g/mol. The summed E-state index contributed by atoms with van der Waals surface area (Å²) in [4.78, 5) is 11.7. The number of anilines is 1. The van der Waals surface area contributed by atoms with Gasteiger partial charge in [0.1, 0.15) is 11.5 Å². The molecule has 0 spiro atoms. The van der Waals surface area contributed by atoms with E-state index in [1.54, 1.807) is 31.4 Å². The summed E-state index contributed by atoms with van der Waals surface area (Å²) in [5, 5.41) is 5.61. The highest BCUT2D eigenvalue weighted by Crippen LogP contribution is 2.32. The third-order valence-corrected chi connectivity index (χ3v) is 3.30. The molecule has 5 nitrogen and oxygen atoms in total. The van der Waals surface area contributed by atoms with Gasteiger partial charge in [0.05, 0.1) is 18.7 Å². The Kier molecular flexibility index (Phi) is 9.07. The maximum absolute atomic E-state index is 12.7. The summed E-state index contributed by atoms with van der Waals surface area (Å²) >= 11 is 0. The van der Waals surface area contributed by atoms with Gasteiger partial charge in [-0.3, -0.25) is 4.79 Å². The third kappa shape index (κ3) is 7.86. The summed E-state index contributed by atoms with van der Waals surface area (Å²) < 4.78 is 48.4. The van der Waals surface area contributed by atoms with Crippen LogP contribution in [0.15, 0.2) is 48.5 Å². The molecule has 0 aliphatic rings. The first-order valence-electron chi connectivity index (χ1n) is 7.83.